The van der Waals surface area contributed by atoms with E-state index in [4.69, 9.17) is 4.74 Å². The van der Waals surface area contributed by atoms with Gasteiger partial charge in [-0.2, -0.15) is 0 Å². The molecule has 19 heavy (non-hydrogen) atoms. The van der Waals surface area contributed by atoms with Crippen LogP contribution in [0.25, 0.3) is 0 Å². The van der Waals surface area contributed by atoms with E-state index in [2.05, 4.69) is 10.0 Å². The van der Waals surface area contributed by atoms with Crippen LogP contribution in [-0.2, 0) is 19.6 Å². The third-order valence-corrected chi connectivity index (χ3v) is 3.64. The molecule has 1 aliphatic rings. The fourth-order valence-corrected chi connectivity index (χ4v) is 2.95. The summed E-state index contributed by atoms with van der Waals surface area (Å²) in [7, 11) is -1.61. The molecule has 0 aromatic carbocycles. The molecule has 1 amide bonds. The topological polar surface area (TPSA) is 87.7 Å². The lowest BCUT2D eigenvalue weighted by Gasteiger charge is -2.32. The standard InChI is InChI=1S/C11H23N3O4S/c1-18-7-5-12-11(15)9-14-6-3-4-10(8-14)13-19(2,16)17/h10,13H,3-9H2,1-2H3,(H,12,15). The van der Waals surface area contributed by atoms with Crippen LogP contribution in [0.15, 0.2) is 0 Å². The van der Waals surface area contributed by atoms with E-state index in [0.717, 1.165) is 25.6 Å². The van der Waals surface area contributed by atoms with Crippen molar-refractivity contribution in [3.63, 3.8) is 0 Å². The minimum atomic E-state index is -3.19. The van der Waals surface area contributed by atoms with E-state index in [0.29, 0.717) is 26.2 Å². The van der Waals surface area contributed by atoms with E-state index in [-0.39, 0.29) is 11.9 Å². The molecule has 0 aromatic heterocycles. The van der Waals surface area contributed by atoms with Gasteiger partial charge in [0.05, 0.1) is 19.4 Å². The normalized spacial score (nSPS) is 21.3. The number of carbonyl (C=O) groups excluding carboxylic acids is 1. The summed E-state index contributed by atoms with van der Waals surface area (Å²) >= 11 is 0. The predicted octanol–water partition coefficient (Wildman–Crippen LogP) is -1.24. The van der Waals surface area contributed by atoms with Crippen molar-refractivity contribution in [3.8, 4) is 0 Å². The Kier molecular flexibility index (Phi) is 6.70. The Morgan fingerprint density at radius 3 is 2.84 bits per heavy atom. The maximum absolute atomic E-state index is 11.6. The number of hydrogen-bond donors (Lipinski definition) is 2. The number of hydrogen-bond acceptors (Lipinski definition) is 5. The zero-order valence-electron chi connectivity index (χ0n) is 11.5. The Morgan fingerprint density at radius 1 is 1.47 bits per heavy atom. The first-order chi connectivity index (χ1) is 8.90. The van der Waals surface area contributed by atoms with E-state index in [1.807, 2.05) is 4.90 Å². The van der Waals surface area contributed by atoms with Crippen molar-refractivity contribution in [1.29, 1.82) is 0 Å². The Morgan fingerprint density at radius 2 is 2.21 bits per heavy atom. The van der Waals surface area contributed by atoms with Gasteiger partial charge in [-0.25, -0.2) is 13.1 Å². The summed E-state index contributed by atoms with van der Waals surface area (Å²) in [4.78, 5) is 13.6. The number of ether oxygens (including phenoxy) is 1. The highest BCUT2D eigenvalue weighted by Crippen LogP contribution is 2.10. The summed E-state index contributed by atoms with van der Waals surface area (Å²) < 4.78 is 29.8. The highest BCUT2D eigenvalue weighted by molar-refractivity contribution is 7.88. The number of rotatable bonds is 7. The average Bonchev–Trinajstić information content (AvgIpc) is 2.27. The minimum Gasteiger partial charge on any atom is -0.383 e. The Bertz CT molecular complexity index is 385. The summed E-state index contributed by atoms with van der Waals surface area (Å²) in [5, 5.41) is 2.75. The molecule has 0 spiro atoms. The van der Waals surface area contributed by atoms with E-state index < -0.39 is 10.0 Å². The summed E-state index contributed by atoms with van der Waals surface area (Å²) in [6.07, 6.45) is 2.86. The molecule has 1 fully saturated rings. The quantitative estimate of drug-likeness (QED) is 0.574. The highest BCUT2D eigenvalue weighted by Gasteiger charge is 2.23. The number of nitrogens with zero attached hydrogens (tertiary/aromatic N) is 1. The number of likely N-dealkylation sites (tertiary alicyclic amines) is 1. The molecule has 0 radical (unpaired) electrons. The van der Waals surface area contributed by atoms with Crippen molar-refractivity contribution in [2.45, 2.75) is 18.9 Å². The first-order valence-corrected chi connectivity index (χ1v) is 8.25. The van der Waals surface area contributed by atoms with Crippen molar-refractivity contribution in [2.24, 2.45) is 0 Å². The maximum atomic E-state index is 11.6. The summed E-state index contributed by atoms with van der Waals surface area (Å²) in [6, 6.07) is -0.101. The van der Waals surface area contributed by atoms with Gasteiger partial charge >= 0.3 is 0 Å². The molecule has 112 valence electrons. The largest absolute Gasteiger partial charge is 0.383 e. The lowest BCUT2D eigenvalue weighted by molar-refractivity contribution is -0.122. The molecule has 7 nitrogen and oxygen atoms in total. The summed E-state index contributed by atoms with van der Waals surface area (Å²) in [5.74, 6) is -0.0583. The first kappa shape index (κ1) is 16.4. The molecular formula is C11H23N3O4S. The first-order valence-electron chi connectivity index (χ1n) is 6.36. The molecule has 1 aliphatic heterocycles. The highest BCUT2D eigenvalue weighted by atomic mass is 32.2. The number of piperidine rings is 1. The fraction of sp³-hybridized carbons (Fsp3) is 0.909. The van der Waals surface area contributed by atoms with E-state index >= 15 is 0 Å². The van der Waals surface area contributed by atoms with Crippen molar-refractivity contribution in [2.75, 3.05) is 46.2 Å². The molecule has 1 rings (SSSR count). The Hall–Kier alpha value is -0.700. The molecular weight excluding hydrogens is 270 g/mol. The van der Waals surface area contributed by atoms with Crippen LogP contribution in [0.4, 0.5) is 0 Å². The second-order valence-corrected chi connectivity index (χ2v) is 6.59. The second kappa shape index (κ2) is 7.78. The zero-order chi connectivity index (χ0) is 14.3. The van der Waals surface area contributed by atoms with Gasteiger partial charge in [0, 0.05) is 26.2 Å². The molecule has 0 aliphatic carbocycles. The SMILES string of the molecule is COCCNC(=O)CN1CCCC(NS(C)(=O)=O)C1. The van der Waals surface area contributed by atoms with Crippen LogP contribution in [0.1, 0.15) is 12.8 Å². The fourth-order valence-electron chi connectivity index (χ4n) is 2.15. The van der Waals surface area contributed by atoms with E-state index in [1.54, 1.807) is 7.11 Å². The van der Waals surface area contributed by atoms with Gasteiger partial charge in [0.2, 0.25) is 15.9 Å². The minimum absolute atomic E-state index is 0.0583. The van der Waals surface area contributed by atoms with Crippen molar-refractivity contribution in [3.05, 3.63) is 0 Å². The smallest absolute Gasteiger partial charge is 0.234 e. The Labute approximate surface area is 114 Å². The number of amides is 1. The molecule has 1 unspecified atom stereocenters. The molecule has 2 N–H and O–H groups in total. The van der Waals surface area contributed by atoms with Gasteiger partial charge in [-0.3, -0.25) is 9.69 Å². The molecule has 0 bridgehead atoms. The zero-order valence-corrected chi connectivity index (χ0v) is 12.3. The third-order valence-electron chi connectivity index (χ3n) is 2.88. The van der Waals surface area contributed by atoms with E-state index in [9.17, 15) is 13.2 Å². The molecule has 0 saturated carbocycles. The summed E-state index contributed by atoms with van der Waals surface area (Å²) in [6.45, 7) is 2.67. The van der Waals surface area contributed by atoms with Gasteiger partial charge in [-0.1, -0.05) is 0 Å². The van der Waals surface area contributed by atoms with Crippen LogP contribution in [0.3, 0.4) is 0 Å². The van der Waals surface area contributed by atoms with Crippen LogP contribution < -0.4 is 10.0 Å². The van der Waals surface area contributed by atoms with Crippen molar-refractivity contribution in [1.82, 2.24) is 14.9 Å². The van der Waals surface area contributed by atoms with Crippen LogP contribution in [-0.4, -0.2) is 71.4 Å². The predicted molar refractivity (Wildman–Crippen MR) is 72.3 cm³/mol. The Balaban J connectivity index is 2.32. The maximum Gasteiger partial charge on any atom is 0.234 e. The van der Waals surface area contributed by atoms with Crippen LogP contribution in [0, 0.1) is 0 Å². The monoisotopic (exact) mass is 293 g/mol. The van der Waals surface area contributed by atoms with Gasteiger partial charge < -0.3 is 10.1 Å². The molecule has 1 saturated heterocycles. The van der Waals surface area contributed by atoms with Crippen molar-refractivity contribution >= 4 is 15.9 Å². The van der Waals surface area contributed by atoms with Gasteiger partial charge in [-0.15, -0.1) is 0 Å². The lowest BCUT2D eigenvalue weighted by atomic mass is 10.1. The van der Waals surface area contributed by atoms with E-state index in [1.165, 1.54) is 0 Å². The number of methoxy groups -OCH3 is 1. The molecule has 1 heterocycles. The molecule has 1 atom stereocenters. The van der Waals surface area contributed by atoms with Crippen LogP contribution in [0.5, 0.6) is 0 Å². The van der Waals surface area contributed by atoms with Crippen LogP contribution >= 0.6 is 0 Å². The average molecular weight is 293 g/mol. The van der Waals surface area contributed by atoms with Crippen molar-refractivity contribution < 1.29 is 17.9 Å². The van der Waals surface area contributed by atoms with Gasteiger partial charge in [0.25, 0.3) is 0 Å². The third kappa shape index (κ3) is 7.46. The number of sulfonamides is 1. The lowest BCUT2D eigenvalue weighted by Crippen LogP contribution is -2.50. The second-order valence-electron chi connectivity index (χ2n) is 4.81. The van der Waals surface area contributed by atoms with Gasteiger partial charge in [0.15, 0.2) is 0 Å². The van der Waals surface area contributed by atoms with Gasteiger partial charge in [0.1, 0.15) is 0 Å². The number of nitrogens with one attached hydrogen (secondary N) is 2. The number of carbonyl (C=O) groups is 1. The van der Waals surface area contributed by atoms with Crippen LogP contribution in [0.2, 0.25) is 0 Å². The van der Waals surface area contributed by atoms with Gasteiger partial charge in [-0.05, 0) is 19.4 Å². The molecule has 8 heteroatoms. The molecule has 0 aromatic rings. The summed E-state index contributed by atoms with van der Waals surface area (Å²) in [5.41, 5.74) is 0.